The van der Waals surface area contributed by atoms with Gasteiger partial charge in [0.15, 0.2) is 0 Å². The highest BCUT2D eigenvalue weighted by molar-refractivity contribution is 4.70. The molecule has 0 aromatic heterocycles. The van der Waals surface area contributed by atoms with E-state index in [2.05, 4.69) is 0 Å². The van der Waals surface area contributed by atoms with Gasteiger partial charge in [-0.1, -0.05) is 6.42 Å². The normalized spacial score (nSPS) is 22.1. The van der Waals surface area contributed by atoms with Crippen LogP contribution in [0, 0.1) is 0 Å². The summed E-state index contributed by atoms with van der Waals surface area (Å²) >= 11 is 0. The van der Waals surface area contributed by atoms with E-state index in [9.17, 15) is 8.78 Å². The second kappa shape index (κ2) is 3.48. The fraction of sp³-hybridized carbons (Fsp3) is 1.00. The molecule has 0 saturated carbocycles. The third-order valence-electron chi connectivity index (χ3n) is 1.95. The van der Waals surface area contributed by atoms with Crippen LogP contribution in [0.1, 0.15) is 26.2 Å². The number of rotatable bonds is 2. The highest BCUT2D eigenvalue weighted by Crippen LogP contribution is 2.17. The monoisotopic (exact) mass is 163 g/mol. The van der Waals surface area contributed by atoms with Crippen molar-refractivity contribution in [2.24, 2.45) is 0 Å². The predicted octanol–water partition coefficient (Wildman–Crippen LogP) is 2.13. The summed E-state index contributed by atoms with van der Waals surface area (Å²) in [6, 6.07) is 0. The van der Waals surface area contributed by atoms with Crippen molar-refractivity contribution in [2.75, 3.05) is 19.6 Å². The Kier molecular flexibility index (Phi) is 2.82. The first kappa shape index (κ1) is 8.91. The number of alkyl halides is 2. The van der Waals surface area contributed by atoms with Gasteiger partial charge in [-0.2, -0.15) is 0 Å². The van der Waals surface area contributed by atoms with Crippen molar-refractivity contribution in [2.45, 2.75) is 32.1 Å². The maximum atomic E-state index is 12.5. The molecule has 0 atom stereocenters. The van der Waals surface area contributed by atoms with Crippen molar-refractivity contribution >= 4 is 0 Å². The van der Waals surface area contributed by atoms with Crippen LogP contribution in [0.15, 0.2) is 0 Å². The van der Waals surface area contributed by atoms with Crippen LogP contribution in [-0.2, 0) is 0 Å². The molecule has 1 aliphatic heterocycles. The Morgan fingerprint density at radius 3 is 2.18 bits per heavy atom. The molecule has 0 unspecified atom stereocenters. The standard InChI is InChI=1S/C8H15F2N/c1-8(9,10)7-11-5-3-2-4-6-11/h2-7H2,1H3. The molecular weight excluding hydrogens is 148 g/mol. The highest BCUT2D eigenvalue weighted by Gasteiger charge is 2.25. The molecule has 0 bridgehead atoms. The van der Waals surface area contributed by atoms with Crippen LogP contribution in [0.25, 0.3) is 0 Å². The molecule has 1 nitrogen and oxygen atoms in total. The smallest absolute Gasteiger partial charge is 0.257 e. The van der Waals surface area contributed by atoms with Gasteiger partial charge >= 0.3 is 0 Å². The number of piperidine rings is 1. The van der Waals surface area contributed by atoms with E-state index in [-0.39, 0.29) is 6.54 Å². The van der Waals surface area contributed by atoms with Gasteiger partial charge in [-0.3, -0.25) is 4.90 Å². The van der Waals surface area contributed by atoms with Gasteiger partial charge in [0.25, 0.3) is 5.92 Å². The molecule has 0 N–H and O–H groups in total. The van der Waals surface area contributed by atoms with Crippen LogP contribution in [0.5, 0.6) is 0 Å². The third kappa shape index (κ3) is 3.65. The molecular formula is C8H15F2N. The van der Waals surface area contributed by atoms with E-state index < -0.39 is 5.92 Å². The molecule has 0 aliphatic carbocycles. The van der Waals surface area contributed by atoms with Crippen molar-refractivity contribution in [3.05, 3.63) is 0 Å². The number of hydrogen-bond acceptors (Lipinski definition) is 1. The predicted molar refractivity (Wildman–Crippen MR) is 40.9 cm³/mol. The Morgan fingerprint density at radius 1 is 1.18 bits per heavy atom. The molecule has 1 aliphatic rings. The van der Waals surface area contributed by atoms with Gasteiger partial charge in [0, 0.05) is 6.92 Å². The topological polar surface area (TPSA) is 3.24 Å². The first-order chi connectivity index (χ1) is 5.08. The zero-order chi connectivity index (χ0) is 8.32. The fourth-order valence-corrected chi connectivity index (χ4v) is 1.51. The van der Waals surface area contributed by atoms with E-state index in [1.54, 1.807) is 0 Å². The zero-order valence-electron chi connectivity index (χ0n) is 6.95. The van der Waals surface area contributed by atoms with Crippen molar-refractivity contribution in [3.8, 4) is 0 Å². The maximum absolute atomic E-state index is 12.5. The molecule has 0 spiro atoms. The Balaban J connectivity index is 2.24. The fourth-order valence-electron chi connectivity index (χ4n) is 1.51. The summed E-state index contributed by atoms with van der Waals surface area (Å²) in [5.74, 6) is -2.52. The Labute approximate surface area is 66.4 Å². The van der Waals surface area contributed by atoms with Crippen LogP contribution in [-0.4, -0.2) is 30.5 Å². The van der Waals surface area contributed by atoms with Gasteiger partial charge in [0.05, 0.1) is 6.54 Å². The van der Waals surface area contributed by atoms with Gasteiger partial charge in [0.1, 0.15) is 0 Å². The van der Waals surface area contributed by atoms with Crippen molar-refractivity contribution < 1.29 is 8.78 Å². The van der Waals surface area contributed by atoms with E-state index in [0.29, 0.717) is 0 Å². The van der Waals surface area contributed by atoms with E-state index in [4.69, 9.17) is 0 Å². The first-order valence-corrected chi connectivity index (χ1v) is 4.18. The molecule has 0 aromatic rings. The summed E-state index contributed by atoms with van der Waals surface area (Å²) in [5.41, 5.74) is 0. The lowest BCUT2D eigenvalue weighted by atomic mass is 10.1. The van der Waals surface area contributed by atoms with Crippen molar-refractivity contribution in [3.63, 3.8) is 0 Å². The highest BCUT2D eigenvalue weighted by atomic mass is 19.3. The second-order valence-electron chi connectivity index (χ2n) is 3.41. The molecule has 1 rings (SSSR count). The van der Waals surface area contributed by atoms with E-state index in [1.165, 1.54) is 6.42 Å². The van der Waals surface area contributed by atoms with Crippen molar-refractivity contribution in [1.82, 2.24) is 4.90 Å². The van der Waals surface area contributed by atoms with Gasteiger partial charge in [-0.15, -0.1) is 0 Å². The Hall–Kier alpha value is -0.180. The number of nitrogens with zero attached hydrogens (tertiary/aromatic N) is 1. The van der Waals surface area contributed by atoms with Crippen molar-refractivity contribution in [1.29, 1.82) is 0 Å². The van der Waals surface area contributed by atoms with Crippen LogP contribution >= 0.6 is 0 Å². The molecule has 1 heterocycles. The average molecular weight is 163 g/mol. The van der Waals surface area contributed by atoms with Gasteiger partial charge in [-0.05, 0) is 25.9 Å². The van der Waals surface area contributed by atoms with Gasteiger partial charge in [-0.25, -0.2) is 8.78 Å². The van der Waals surface area contributed by atoms with Gasteiger partial charge in [0.2, 0.25) is 0 Å². The SMILES string of the molecule is CC(F)(F)CN1CCCCC1. The number of likely N-dealkylation sites (tertiary alicyclic amines) is 1. The Morgan fingerprint density at radius 2 is 1.73 bits per heavy atom. The molecule has 3 heteroatoms. The lowest BCUT2D eigenvalue weighted by Crippen LogP contribution is -2.38. The number of hydrogen-bond donors (Lipinski definition) is 0. The first-order valence-electron chi connectivity index (χ1n) is 4.18. The van der Waals surface area contributed by atoms with Crippen LogP contribution in [0.3, 0.4) is 0 Å². The van der Waals surface area contributed by atoms with E-state index in [0.717, 1.165) is 32.9 Å². The van der Waals surface area contributed by atoms with E-state index in [1.807, 2.05) is 4.90 Å². The number of halogens is 2. The molecule has 0 radical (unpaired) electrons. The summed E-state index contributed by atoms with van der Waals surface area (Å²) in [5, 5.41) is 0. The molecule has 0 amide bonds. The summed E-state index contributed by atoms with van der Waals surface area (Å²) in [7, 11) is 0. The molecule has 66 valence electrons. The quantitative estimate of drug-likeness (QED) is 0.602. The second-order valence-corrected chi connectivity index (χ2v) is 3.41. The average Bonchev–Trinajstić information content (AvgIpc) is 1.85. The summed E-state index contributed by atoms with van der Waals surface area (Å²) in [6.45, 7) is 2.63. The van der Waals surface area contributed by atoms with E-state index >= 15 is 0 Å². The van der Waals surface area contributed by atoms with Crippen LogP contribution in [0.4, 0.5) is 8.78 Å². The minimum atomic E-state index is -2.52. The van der Waals surface area contributed by atoms with Gasteiger partial charge < -0.3 is 0 Å². The largest absolute Gasteiger partial charge is 0.298 e. The minimum absolute atomic E-state index is 0.0625. The third-order valence-corrected chi connectivity index (χ3v) is 1.95. The zero-order valence-corrected chi connectivity index (χ0v) is 6.95. The molecule has 11 heavy (non-hydrogen) atoms. The lowest BCUT2D eigenvalue weighted by molar-refractivity contribution is -0.0186. The Bertz CT molecular complexity index is 114. The lowest BCUT2D eigenvalue weighted by Gasteiger charge is -2.28. The van der Waals surface area contributed by atoms with Crippen LogP contribution < -0.4 is 0 Å². The molecule has 0 aromatic carbocycles. The molecule has 1 saturated heterocycles. The molecule has 1 fully saturated rings. The summed E-state index contributed by atoms with van der Waals surface area (Å²) in [4.78, 5) is 1.85. The van der Waals surface area contributed by atoms with Crippen LogP contribution in [0.2, 0.25) is 0 Å². The minimum Gasteiger partial charge on any atom is -0.298 e. The maximum Gasteiger partial charge on any atom is 0.257 e. The summed E-state index contributed by atoms with van der Waals surface area (Å²) in [6.07, 6.45) is 3.36. The summed E-state index contributed by atoms with van der Waals surface area (Å²) < 4.78 is 24.9.